The molecule has 1 aromatic carbocycles. The second-order valence-electron chi connectivity index (χ2n) is 4.61. The Hall–Kier alpha value is -1.85. The summed E-state index contributed by atoms with van der Waals surface area (Å²) in [6.45, 7) is 0.589. The van der Waals surface area contributed by atoms with E-state index >= 15 is 0 Å². The van der Waals surface area contributed by atoms with Gasteiger partial charge in [-0.05, 0) is 30.7 Å². The number of thiophene rings is 1. The quantitative estimate of drug-likeness (QED) is 0.783. The lowest BCUT2D eigenvalue weighted by Crippen LogP contribution is -2.27. The zero-order valence-electron chi connectivity index (χ0n) is 11.1. The number of carbonyl (C=O) groups excluding carboxylic acids is 1. The normalized spacial score (nSPS) is 10.9. The number of rotatable bonds is 5. The molecule has 0 unspecified atom stereocenters. The Morgan fingerprint density at radius 1 is 1.29 bits per heavy atom. The average Bonchev–Trinajstić information content (AvgIpc) is 3.06. The van der Waals surface area contributed by atoms with Gasteiger partial charge in [0.1, 0.15) is 5.69 Å². The van der Waals surface area contributed by atoms with E-state index in [1.165, 1.54) is 11.3 Å². The standard InChI is InChI=1S/C15H13ClN2O2S/c16-14-6-5-10(21-14)7-8-17-15(19)9-12-11-3-1-2-4-13(11)20-18-12/h1-6H,7-9H2,(H,17,19). The van der Waals surface area contributed by atoms with Gasteiger partial charge in [0.2, 0.25) is 5.91 Å². The Morgan fingerprint density at radius 3 is 2.95 bits per heavy atom. The lowest BCUT2D eigenvalue weighted by molar-refractivity contribution is -0.120. The Balaban J connectivity index is 1.54. The van der Waals surface area contributed by atoms with Crippen molar-refractivity contribution in [3.8, 4) is 0 Å². The van der Waals surface area contributed by atoms with Gasteiger partial charge in [-0.1, -0.05) is 28.9 Å². The molecule has 6 heteroatoms. The van der Waals surface area contributed by atoms with Gasteiger partial charge in [-0.15, -0.1) is 11.3 Å². The minimum atomic E-state index is -0.0586. The van der Waals surface area contributed by atoms with E-state index in [0.717, 1.165) is 21.0 Å². The number of benzene rings is 1. The lowest BCUT2D eigenvalue weighted by Gasteiger charge is -2.02. The molecule has 0 saturated heterocycles. The molecule has 108 valence electrons. The van der Waals surface area contributed by atoms with Crippen molar-refractivity contribution in [2.24, 2.45) is 0 Å². The molecule has 0 aliphatic heterocycles. The third-order valence-corrected chi connectivity index (χ3v) is 4.39. The van der Waals surface area contributed by atoms with Crippen LogP contribution in [0.2, 0.25) is 4.34 Å². The molecule has 0 saturated carbocycles. The van der Waals surface area contributed by atoms with E-state index in [0.29, 0.717) is 17.8 Å². The van der Waals surface area contributed by atoms with Gasteiger partial charge in [-0.25, -0.2) is 0 Å². The molecule has 4 nitrogen and oxygen atoms in total. The predicted molar refractivity (Wildman–Crippen MR) is 83.8 cm³/mol. The molecule has 3 aromatic rings. The largest absolute Gasteiger partial charge is 0.356 e. The molecule has 2 aromatic heterocycles. The highest BCUT2D eigenvalue weighted by Crippen LogP contribution is 2.21. The van der Waals surface area contributed by atoms with Crippen LogP contribution in [0.5, 0.6) is 0 Å². The van der Waals surface area contributed by atoms with Crippen LogP contribution >= 0.6 is 22.9 Å². The third kappa shape index (κ3) is 3.43. The van der Waals surface area contributed by atoms with Gasteiger partial charge in [-0.2, -0.15) is 0 Å². The molecule has 0 atom stereocenters. The number of halogens is 1. The van der Waals surface area contributed by atoms with E-state index in [-0.39, 0.29) is 12.3 Å². The molecule has 1 amide bonds. The third-order valence-electron chi connectivity index (χ3n) is 3.10. The number of aromatic nitrogens is 1. The molecule has 0 radical (unpaired) electrons. The van der Waals surface area contributed by atoms with Gasteiger partial charge in [-0.3, -0.25) is 4.79 Å². The zero-order valence-corrected chi connectivity index (χ0v) is 12.7. The topological polar surface area (TPSA) is 55.1 Å². The van der Waals surface area contributed by atoms with Crippen molar-refractivity contribution in [3.63, 3.8) is 0 Å². The van der Waals surface area contributed by atoms with E-state index in [4.69, 9.17) is 16.1 Å². The van der Waals surface area contributed by atoms with Crippen molar-refractivity contribution in [3.05, 3.63) is 51.3 Å². The monoisotopic (exact) mass is 320 g/mol. The number of nitrogens with zero attached hydrogens (tertiary/aromatic N) is 1. The summed E-state index contributed by atoms with van der Waals surface area (Å²) in [6.07, 6.45) is 1.00. The van der Waals surface area contributed by atoms with Crippen LogP contribution in [0.15, 0.2) is 40.9 Å². The van der Waals surface area contributed by atoms with Gasteiger partial charge in [0, 0.05) is 16.8 Å². The van der Waals surface area contributed by atoms with Crippen molar-refractivity contribution in [1.29, 1.82) is 0 Å². The first kappa shape index (κ1) is 14.1. The van der Waals surface area contributed by atoms with Gasteiger partial charge in [0.15, 0.2) is 5.58 Å². The Kier molecular flexibility index (Phi) is 4.22. The minimum Gasteiger partial charge on any atom is -0.356 e. The molecule has 0 aliphatic rings. The SMILES string of the molecule is O=C(Cc1noc2ccccc12)NCCc1ccc(Cl)s1. The van der Waals surface area contributed by atoms with E-state index in [1.54, 1.807) is 0 Å². The first-order valence-electron chi connectivity index (χ1n) is 6.56. The minimum absolute atomic E-state index is 0.0586. The fourth-order valence-electron chi connectivity index (χ4n) is 2.09. The van der Waals surface area contributed by atoms with E-state index < -0.39 is 0 Å². The fourth-order valence-corrected chi connectivity index (χ4v) is 3.18. The summed E-state index contributed by atoms with van der Waals surface area (Å²) < 4.78 is 5.95. The van der Waals surface area contributed by atoms with Crippen molar-refractivity contribution in [2.45, 2.75) is 12.8 Å². The average molecular weight is 321 g/mol. The molecular formula is C15H13ClN2O2S. The van der Waals surface area contributed by atoms with Crippen molar-refractivity contribution in [2.75, 3.05) is 6.54 Å². The van der Waals surface area contributed by atoms with Gasteiger partial charge < -0.3 is 9.84 Å². The first-order valence-corrected chi connectivity index (χ1v) is 7.76. The Bertz CT molecular complexity index is 766. The number of para-hydroxylation sites is 1. The summed E-state index contributed by atoms with van der Waals surface area (Å²) in [7, 11) is 0. The van der Waals surface area contributed by atoms with Crippen LogP contribution in [0.25, 0.3) is 11.0 Å². The molecule has 0 bridgehead atoms. The van der Waals surface area contributed by atoms with Gasteiger partial charge in [0.05, 0.1) is 10.8 Å². The predicted octanol–water partition coefficient (Wildman–Crippen LogP) is 3.44. The number of fused-ring (bicyclic) bond motifs is 1. The summed E-state index contributed by atoms with van der Waals surface area (Å²) in [5.74, 6) is -0.0586. The first-order chi connectivity index (χ1) is 10.2. The number of carbonyl (C=O) groups is 1. The Labute approximate surface area is 130 Å². The molecule has 3 rings (SSSR count). The summed E-state index contributed by atoms with van der Waals surface area (Å²) in [4.78, 5) is 13.1. The van der Waals surface area contributed by atoms with Crippen LogP contribution in [0.3, 0.4) is 0 Å². The summed E-state index contributed by atoms with van der Waals surface area (Å²) in [6, 6.07) is 11.4. The molecule has 1 N–H and O–H groups in total. The molecule has 0 spiro atoms. The number of hydrogen-bond acceptors (Lipinski definition) is 4. The van der Waals surface area contributed by atoms with Crippen LogP contribution in [-0.4, -0.2) is 17.6 Å². The number of nitrogens with one attached hydrogen (secondary N) is 1. The molecule has 0 fully saturated rings. The van der Waals surface area contributed by atoms with Crippen LogP contribution < -0.4 is 5.32 Å². The highest BCUT2D eigenvalue weighted by molar-refractivity contribution is 7.16. The van der Waals surface area contributed by atoms with Gasteiger partial charge >= 0.3 is 0 Å². The fraction of sp³-hybridized carbons (Fsp3) is 0.200. The summed E-state index contributed by atoms with van der Waals surface area (Å²) in [5, 5.41) is 7.73. The van der Waals surface area contributed by atoms with Crippen LogP contribution in [0.1, 0.15) is 10.6 Å². The van der Waals surface area contributed by atoms with Crippen LogP contribution in [0, 0.1) is 0 Å². The molecular weight excluding hydrogens is 308 g/mol. The number of hydrogen-bond donors (Lipinski definition) is 1. The van der Waals surface area contributed by atoms with Crippen molar-refractivity contribution < 1.29 is 9.32 Å². The second-order valence-corrected chi connectivity index (χ2v) is 6.41. The van der Waals surface area contributed by atoms with Crippen LogP contribution in [-0.2, 0) is 17.6 Å². The maximum Gasteiger partial charge on any atom is 0.226 e. The maximum absolute atomic E-state index is 11.9. The summed E-state index contributed by atoms with van der Waals surface area (Å²) >= 11 is 7.40. The lowest BCUT2D eigenvalue weighted by atomic mass is 10.1. The van der Waals surface area contributed by atoms with Gasteiger partial charge in [0.25, 0.3) is 0 Å². The van der Waals surface area contributed by atoms with E-state index in [2.05, 4.69) is 10.5 Å². The van der Waals surface area contributed by atoms with Crippen molar-refractivity contribution >= 4 is 39.8 Å². The van der Waals surface area contributed by atoms with Crippen LogP contribution in [0.4, 0.5) is 0 Å². The van der Waals surface area contributed by atoms with Crippen molar-refractivity contribution in [1.82, 2.24) is 10.5 Å². The van der Waals surface area contributed by atoms with E-state index in [1.807, 2.05) is 36.4 Å². The molecule has 2 heterocycles. The highest BCUT2D eigenvalue weighted by atomic mass is 35.5. The zero-order chi connectivity index (χ0) is 14.7. The maximum atomic E-state index is 11.9. The number of amides is 1. The van der Waals surface area contributed by atoms with E-state index in [9.17, 15) is 4.79 Å². The highest BCUT2D eigenvalue weighted by Gasteiger charge is 2.11. The molecule has 21 heavy (non-hydrogen) atoms. The molecule has 0 aliphatic carbocycles. The second kappa shape index (κ2) is 6.28. The Morgan fingerprint density at radius 2 is 2.14 bits per heavy atom. The summed E-state index contributed by atoms with van der Waals surface area (Å²) in [5.41, 5.74) is 1.37. The smallest absolute Gasteiger partial charge is 0.226 e.